The third kappa shape index (κ3) is 5.82. The number of allylic oxidation sites excluding steroid dienone is 1. The fourth-order valence-electron chi connectivity index (χ4n) is 2.09. The Morgan fingerprint density at radius 3 is 2.36 bits per heavy atom. The second-order valence-electron chi connectivity index (χ2n) is 5.53. The number of benzene rings is 2. The van der Waals surface area contributed by atoms with Crippen LogP contribution in [0.15, 0.2) is 54.6 Å². The molecule has 25 heavy (non-hydrogen) atoms. The molecule has 0 fully saturated rings. The first-order chi connectivity index (χ1) is 12.1. The Bertz CT molecular complexity index is 755. The van der Waals surface area contributed by atoms with Crippen molar-refractivity contribution in [3.63, 3.8) is 0 Å². The topological polar surface area (TPSA) is 59.3 Å². The smallest absolute Gasteiger partial charge is 0.185 e. The summed E-state index contributed by atoms with van der Waals surface area (Å²) in [6.45, 7) is 4.40. The fourth-order valence-corrected chi connectivity index (χ4v) is 2.09. The predicted octanol–water partition coefficient (Wildman–Crippen LogP) is 4.66. The number of ether oxygens (including phenoxy) is 2. The van der Waals surface area contributed by atoms with Crippen molar-refractivity contribution >= 4 is 11.9 Å². The molecule has 0 radical (unpaired) electrons. The normalized spacial score (nSPS) is 11.7. The maximum Gasteiger partial charge on any atom is 0.185 e. The van der Waals surface area contributed by atoms with Gasteiger partial charge in [0.2, 0.25) is 0 Å². The molecule has 0 aliphatic heterocycles. The lowest BCUT2D eigenvalue weighted by atomic mass is 10.1. The fraction of sp³-hybridized carbons (Fsp3) is 0.238. The van der Waals surface area contributed by atoms with Gasteiger partial charge in [-0.05, 0) is 61.4 Å². The second kappa shape index (κ2) is 9.29. The summed E-state index contributed by atoms with van der Waals surface area (Å²) >= 11 is 0. The molecule has 0 bridgehead atoms. The minimum Gasteiger partial charge on any atom is -0.494 e. The molecule has 0 N–H and O–H groups in total. The number of hydrogen-bond donors (Lipinski definition) is 0. The average Bonchev–Trinajstić information content (AvgIpc) is 2.65. The summed E-state index contributed by atoms with van der Waals surface area (Å²) in [7, 11) is 0. The lowest BCUT2D eigenvalue weighted by molar-refractivity contribution is 0.104. The van der Waals surface area contributed by atoms with Crippen LogP contribution in [0, 0.1) is 11.3 Å². The monoisotopic (exact) mass is 335 g/mol. The number of ketones is 1. The summed E-state index contributed by atoms with van der Waals surface area (Å²) in [4.78, 5) is 12.2. The zero-order valence-electron chi connectivity index (χ0n) is 14.4. The first-order valence-corrected chi connectivity index (χ1v) is 8.24. The summed E-state index contributed by atoms with van der Waals surface area (Å²) in [6, 6.07) is 16.4. The molecule has 1 atom stereocenters. The van der Waals surface area contributed by atoms with E-state index in [0.29, 0.717) is 17.9 Å². The first-order valence-electron chi connectivity index (χ1n) is 8.24. The molecule has 4 nitrogen and oxygen atoms in total. The predicted molar refractivity (Wildman–Crippen MR) is 97.7 cm³/mol. The molecule has 0 aromatic heterocycles. The highest BCUT2D eigenvalue weighted by molar-refractivity contribution is 6.06. The van der Waals surface area contributed by atoms with Gasteiger partial charge in [-0.3, -0.25) is 4.79 Å². The summed E-state index contributed by atoms with van der Waals surface area (Å²) < 4.78 is 10.9. The molecule has 0 aliphatic rings. The molecule has 0 spiro atoms. The van der Waals surface area contributed by atoms with E-state index in [1.54, 1.807) is 49.4 Å². The van der Waals surface area contributed by atoms with Crippen LogP contribution in [-0.2, 0) is 0 Å². The molecule has 4 heteroatoms. The van der Waals surface area contributed by atoms with Crippen molar-refractivity contribution < 1.29 is 14.3 Å². The highest BCUT2D eigenvalue weighted by Gasteiger charge is 2.03. The number of nitrogens with zero attached hydrogens (tertiary/aromatic N) is 1. The third-order valence-corrected chi connectivity index (χ3v) is 3.41. The van der Waals surface area contributed by atoms with Gasteiger partial charge in [0, 0.05) is 5.56 Å². The number of carbonyl (C=O) groups excluding carboxylic acids is 1. The van der Waals surface area contributed by atoms with Crippen LogP contribution in [-0.4, -0.2) is 18.5 Å². The van der Waals surface area contributed by atoms with Gasteiger partial charge in [0.1, 0.15) is 17.6 Å². The molecule has 2 aromatic rings. The molecule has 1 unspecified atom stereocenters. The van der Waals surface area contributed by atoms with Gasteiger partial charge in [-0.2, -0.15) is 5.26 Å². The minimum absolute atomic E-state index is 0.0690. The largest absolute Gasteiger partial charge is 0.494 e. The number of hydrogen-bond acceptors (Lipinski definition) is 4. The Hall–Kier alpha value is -3.06. The van der Waals surface area contributed by atoms with Crippen LogP contribution in [0.1, 0.15) is 36.2 Å². The van der Waals surface area contributed by atoms with Crippen molar-refractivity contribution in [3.05, 3.63) is 65.7 Å². The molecular formula is C21H21NO3. The minimum atomic E-state index is -0.493. The van der Waals surface area contributed by atoms with E-state index in [1.165, 1.54) is 6.08 Å². The molecule has 2 rings (SSSR count). The summed E-state index contributed by atoms with van der Waals surface area (Å²) in [5.41, 5.74) is 1.50. The summed E-state index contributed by atoms with van der Waals surface area (Å²) in [6.07, 6.45) is 3.74. The van der Waals surface area contributed by atoms with E-state index >= 15 is 0 Å². The third-order valence-electron chi connectivity index (χ3n) is 3.41. The second-order valence-corrected chi connectivity index (χ2v) is 5.53. The average molecular weight is 335 g/mol. The van der Waals surface area contributed by atoms with E-state index in [2.05, 4.69) is 0 Å². The Kier molecular flexibility index (Phi) is 6.79. The van der Waals surface area contributed by atoms with Gasteiger partial charge in [0.25, 0.3) is 0 Å². The molecule has 2 aromatic carbocycles. The first kappa shape index (κ1) is 18.3. The molecule has 128 valence electrons. The van der Waals surface area contributed by atoms with Gasteiger partial charge in [0.05, 0.1) is 6.61 Å². The van der Waals surface area contributed by atoms with Crippen molar-refractivity contribution in [3.8, 4) is 17.6 Å². The Labute approximate surface area is 148 Å². The van der Waals surface area contributed by atoms with E-state index in [1.807, 2.05) is 25.1 Å². The maximum absolute atomic E-state index is 12.2. The van der Waals surface area contributed by atoms with E-state index in [-0.39, 0.29) is 5.78 Å². The zero-order valence-corrected chi connectivity index (χ0v) is 14.4. The van der Waals surface area contributed by atoms with Crippen LogP contribution in [0.2, 0.25) is 0 Å². The Balaban J connectivity index is 1.96. The van der Waals surface area contributed by atoms with Gasteiger partial charge in [-0.15, -0.1) is 0 Å². The molecule has 0 saturated carbocycles. The van der Waals surface area contributed by atoms with Crippen LogP contribution in [0.5, 0.6) is 11.5 Å². The SMILES string of the molecule is CCCOc1ccc(C(=O)/C=C/c2ccc(OC(C)C#N)cc2)cc1. The van der Waals surface area contributed by atoms with E-state index < -0.39 is 6.10 Å². The molecule has 0 saturated heterocycles. The van der Waals surface area contributed by atoms with E-state index in [0.717, 1.165) is 17.7 Å². The Morgan fingerprint density at radius 1 is 1.12 bits per heavy atom. The van der Waals surface area contributed by atoms with Crippen LogP contribution in [0.25, 0.3) is 6.08 Å². The van der Waals surface area contributed by atoms with E-state index in [9.17, 15) is 4.79 Å². The number of nitriles is 1. The van der Waals surface area contributed by atoms with Crippen LogP contribution >= 0.6 is 0 Å². The van der Waals surface area contributed by atoms with Crippen molar-refractivity contribution in [2.45, 2.75) is 26.4 Å². The lowest BCUT2D eigenvalue weighted by Gasteiger charge is -2.07. The van der Waals surface area contributed by atoms with Crippen molar-refractivity contribution in [2.24, 2.45) is 0 Å². The van der Waals surface area contributed by atoms with Gasteiger partial charge in [-0.25, -0.2) is 0 Å². The van der Waals surface area contributed by atoms with Crippen molar-refractivity contribution in [1.29, 1.82) is 5.26 Å². The summed E-state index contributed by atoms with van der Waals surface area (Å²) in [5, 5.41) is 8.73. The van der Waals surface area contributed by atoms with Gasteiger partial charge in [0.15, 0.2) is 11.9 Å². The molecule has 0 aliphatic carbocycles. The number of carbonyl (C=O) groups is 1. The molecular weight excluding hydrogens is 314 g/mol. The number of rotatable bonds is 8. The standard InChI is InChI=1S/C21H21NO3/c1-3-14-24-19-11-7-18(8-12-19)21(23)13-6-17-4-9-20(10-5-17)25-16(2)15-22/h4-13,16H,3,14H2,1-2H3/b13-6+. The lowest BCUT2D eigenvalue weighted by Crippen LogP contribution is -2.07. The van der Waals surface area contributed by atoms with Crippen molar-refractivity contribution in [1.82, 2.24) is 0 Å². The highest BCUT2D eigenvalue weighted by Crippen LogP contribution is 2.16. The van der Waals surface area contributed by atoms with Crippen LogP contribution < -0.4 is 9.47 Å². The van der Waals surface area contributed by atoms with E-state index in [4.69, 9.17) is 14.7 Å². The quantitative estimate of drug-likeness (QED) is 0.520. The highest BCUT2D eigenvalue weighted by atomic mass is 16.5. The zero-order chi connectivity index (χ0) is 18.1. The van der Waals surface area contributed by atoms with Crippen LogP contribution in [0.4, 0.5) is 0 Å². The molecule has 0 heterocycles. The van der Waals surface area contributed by atoms with Crippen LogP contribution in [0.3, 0.4) is 0 Å². The van der Waals surface area contributed by atoms with Gasteiger partial charge in [-0.1, -0.05) is 25.1 Å². The molecule has 0 amide bonds. The Morgan fingerprint density at radius 2 is 1.76 bits per heavy atom. The van der Waals surface area contributed by atoms with Crippen molar-refractivity contribution in [2.75, 3.05) is 6.61 Å². The van der Waals surface area contributed by atoms with Gasteiger partial charge >= 0.3 is 0 Å². The van der Waals surface area contributed by atoms with Gasteiger partial charge < -0.3 is 9.47 Å². The maximum atomic E-state index is 12.2. The summed E-state index contributed by atoms with van der Waals surface area (Å²) in [5.74, 6) is 1.32.